The zero-order valence-electron chi connectivity index (χ0n) is 10.1. The van der Waals surface area contributed by atoms with Gasteiger partial charge in [-0.3, -0.25) is 9.59 Å². The molecule has 0 aliphatic rings. The van der Waals surface area contributed by atoms with Crippen molar-refractivity contribution < 1.29 is 27.5 Å². The van der Waals surface area contributed by atoms with Gasteiger partial charge in [-0.15, -0.1) is 0 Å². The third-order valence-electron chi connectivity index (χ3n) is 2.38. The number of nitrogens with one attached hydrogen (secondary N) is 1. The van der Waals surface area contributed by atoms with Crippen LogP contribution in [0.4, 0.5) is 13.2 Å². The highest BCUT2D eigenvalue weighted by atomic mass is 19.4. The standard InChI is InChI=1S/C12H12F3NO3/c1-19-10-3-2-8(6-9(10)7-17)4-5-16-11(18)12(13,14)15/h2-3,6-7H,4-5H2,1H3,(H,16,18). The van der Waals surface area contributed by atoms with E-state index in [1.165, 1.54) is 13.2 Å². The predicted molar refractivity (Wildman–Crippen MR) is 61.2 cm³/mol. The minimum atomic E-state index is -4.88. The van der Waals surface area contributed by atoms with Crippen molar-refractivity contribution in [3.05, 3.63) is 29.3 Å². The summed E-state index contributed by atoms with van der Waals surface area (Å²) in [4.78, 5) is 21.3. The molecular weight excluding hydrogens is 263 g/mol. The second kappa shape index (κ2) is 6.21. The average Bonchev–Trinajstić information content (AvgIpc) is 2.37. The monoisotopic (exact) mass is 275 g/mol. The van der Waals surface area contributed by atoms with E-state index in [4.69, 9.17) is 4.74 Å². The molecule has 0 spiro atoms. The average molecular weight is 275 g/mol. The fourth-order valence-corrected chi connectivity index (χ4v) is 1.45. The largest absolute Gasteiger partial charge is 0.496 e. The third kappa shape index (κ3) is 4.27. The molecule has 0 aromatic heterocycles. The van der Waals surface area contributed by atoms with Crippen molar-refractivity contribution in [1.82, 2.24) is 5.32 Å². The van der Waals surface area contributed by atoms with Gasteiger partial charge < -0.3 is 10.1 Å². The van der Waals surface area contributed by atoms with E-state index in [0.29, 0.717) is 23.2 Å². The number of ether oxygens (including phenoxy) is 1. The van der Waals surface area contributed by atoms with Gasteiger partial charge >= 0.3 is 12.1 Å². The molecule has 0 aliphatic heterocycles. The molecule has 0 unspecified atom stereocenters. The van der Waals surface area contributed by atoms with Crippen molar-refractivity contribution in [3.8, 4) is 5.75 Å². The highest BCUT2D eigenvalue weighted by Gasteiger charge is 2.38. The normalized spacial score (nSPS) is 10.9. The van der Waals surface area contributed by atoms with Gasteiger partial charge in [0.1, 0.15) is 5.75 Å². The van der Waals surface area contributed by atoms with Gasteiger partial charge in [0.05, 0.1) is 12.7 Å². The number of rotatable bonds is 5. The molecular formula is C12H12F3NO3. The molecule has 1 aromatic carbocycles. The lowest BCUT2D eigenvalue weighted by Crippen LogP contribution is -2.37. The Morgan fingerprint density at radius 2 is 2.11 bits per heavy atom. The fourth-order valence-electron chi connectivity index (χ4n) is 1.45. The number of benzene rings is 1. The number of halogens is 3. The lowest BCUT2D eigenvalue weighted by molar-refractivity contribution is -0.173. The second-order valence-electron chi connectivity index (χ2n) is 3.70. The number of hydrogen-bond donors (Lipinski definition) is 1. The first kappa shape index (κ1) is 15.0. The minimum Gasteiger partial charge on any atom is -0.496 e. The molecule has 0 bridgehead atoms. The van der Waals surface area contributed by atoms with Crippen molar-refractivity contribution in [2.24, 2.45) is 0 Å². The number of hydrogen-bond acceptors (Lipinski definition) is 3. The topological polar surface area (TPSA) is 55.4 Å². The Hall–Kier alpha value is -2.05. The van der Waals surface area contributed by atoms with Crippen LogP contribution in [0.2, 0.25) is 0 Å². The number of amides is 1. The minimum absolute atomic E-state index is 0.164. The molecule has 0 heterocycles. The van der Waals surface area contributed by atoms with Crippen LogP contribution in [-0.2, 0) is 11.2 Å². The number of alkyl halides is 3. The van der Waals surface area contributed by atoms with Crippen molar-refractivity contribution in [1.29, 1.82) is 0 Å². The van der Waals surface area contributed by atoms with Gasteiger partial charge in [0.15, 0.2) is 6.29 Å². The quantitative estimate of drug-likeness (QED) is 0.833. The van der Waals surface area contributed by atoms with E-state index in [-0.39, 0.29) is 13.0 Å². The zero-order chi connectivity index (χ0) is 14.5. The Balaban J connectivity index is 2.59. The number of carbonyl (C=O) groups is 2. The van der Waals surface area contributed by atoms with Gasteiger partial charge in [-0.1, -0.05) is 6.07 Å². The van der Waals surface area contributed by atoms with Gasteiger partial charge in [-0.2, -0.15) is 13.2 Å². The Bertz CT molecular complexity index is 472. The lowest BCUT2D eigenvalue weighted by atomic mass is 10.1. The van der Waals surface area contributed by atoms with Crippen molar-refractivity contribution >= 4 is 12.2 Å². The molecule has 104 valence electrons. The first-order valence-corrected chi connectivity index (χ1v) is 5.35. The summed E-state index contributed by atoms with van der Waals surface area (Å²) in [6.07, 6.45) is -4.10. The van der Waals surface area contributed by atoms with Crippen LogP contribution in [0.3, 0.4) is 0 Å². The summed E-state index contributed by atoms with van der Waals surface area (Å²) in [6, 6.07) is 4.67. The molecule has 0 radical (unpaired) electrons. The molecule has 4 nitrogen and oxygen atoms in total. The van der Waals surface area contributed by atoms with Gasteiger partial charge in [0.2, 0.25) is 0 Å². The molecule has 0 saturated carbocycles. The number of aldehydes is 1. The van der Waals surface area contributed by atoms with Crippen LogP contribution in [0.25, 0.3) is 0 Å². The van der Waals surface area contributed by atoms with Crippen LogP contribution < -0.4 is 10.1 Å². The fraction of sp³-hybridized carbons (Fsp3) is 0.333. The molecule has 1 aromatic rings. The van der Waals surface area contributed by atoms with Gasteiger partial charge in [-0.05, 0) is 24.1 Å². The Morgan fingerprint density at radius 3 is 2.63 bits per heavy atom. The van der Waals surface area contributed by atoms with Crippen LogP contribution in [0.5, 0.6) is 5.75 Å². The Kier molecular flexibility index (Phi) is 4.91. The van der Waals surface area contributed by atoms with Gasteiger partial charge in [0, 0.05) is 6.54 Å². The first-order valence-electron chi connectivity index (χ1n) is 5.35. The van der Waals surface area contributed by atoms with E-state index >= 15 is 0 Å². The maximum Gasteiger partial charge on any atom is 0.471 e. The molecule has 7 heteroatoms. The maximum absolute atomic E-state index is 11.9. The summed E-state index contributed by atoms with van der Waals surface area (Å²) in [5, 5.41) is 1.75. The van der Waals surface area contributed by atoms with Crippen LogP contribution in [0.1, 0.15) is 15.9 Å². The highest BCUT2D eigenvalue weighted by molar-refractivity contribution is 5.81. The van der Waals surface area contributed by atoms with Crippen molar-refractivity contribution in [2.75, 3.05) is 13.7 Å². The molecule has 0 aliphatic carbocycles. The summed E-state index contributed by atoms with van der Waals surface area (Å²) in [6.45, 7) is -0.164. The number of carbonyl (C=O) groups excluding carboxylic acids is 2. The Morgan fingerprint density at radius 1 is 1.42 bits per heavy atom. The molecule has 1 amide bonds. The molecule has 19 heavy (non-hydrogen) atoms. The highest BCUT2D eigenvalue weighted by Crippen LogP contribution is 2.18. The molecule has 0 fully saturated rings. The maximum atomic E-state index is 11.9. The van der Waals surface area contributed by atoms with E-state index < -0.39 is 12.1 Å². The van der Waals surface area contributed by atoms with Crippen LogP contribution in [-0.4, -0.2) is 32.0 Å². The van der Waals surface area contributed by atoms with Crippen LogP contribution >= 0.6 is 0 Å². The van der Waals surface area contributed by atoms with E-state index in [1.807, 2.05) is 0 Å². The van der Waals surface area contributed by atoms with Crippen molar-refractivity contribution in [3.63, 3.8) is 0 Å². The van der Waals surface area contributed by atoms with Gasteiger partial charge in [-0.25, -0.2) is 0 Å². The summed E-state index contributed by atoms with van der Waals surface area (Å²) >= 11 is 0. The van der Waals surface area contributed by atoms with E-state index in [9.17, 15) is 22.8 Å². The summed E-state index contributed by atoms with van der Waals surface area (Å²) in [5.41, 5.74) is 0.938. The first-order chi connectivity index (χ1) is 8.88. The summed E-state index contributed by atoms with van der Waals surface area (Å²) < 4.78 is 40.7. The molecule has 1 rings (SSSR count). The second-order valence-corrected chi connectivity index (χ2v) is 3.70. The third-order valence-corrected chi connectivity index (χ3v) is 2.38. The SMILES string of the molecule is COc1ccc(CCNC(=O)C(F)(F)F)cc1C=O. The smallest absolute Gasteiger partial charge is 0.471 e. The van der Waals surface area contributed by atoms with Crippen LogP contribution in [0, 0.1) is 0 Å². The molecule has 0 atom stereocenters. The molecule has 0 saturated heterocycles. The van der Waals surface area contributed by atoms with E-state index in [2.05, 4.69) is 0 Å². The summed E-state index contributed by atoms with van der Waals surface area (Å²) in [7, 11) is 1.41. The predicted octanol–water partition coefficient (Wildman–Crippen LogP) is 1.73. The van der Waals surface area contributed by atoms with Gasteiger partial charge in [0.25, 0.3) is 0 Å². The lowest BCUT2D eigenvalue weighted by Gasteiger charge is -2.09. The Labute approximate surface area is 107 Å². The van der Waals surface area contributed by atoms with E-state index in [0.717, 1.165) is 0 Å². The zero-order valence-corrected chi connectivity index (χ0v) is 10.1. The van der Waals surface area contributed by atoms with Crippen LogP contribution in [0.15, 0.2) is 18.2 Å². The number of methoxy groups -OCH3 is 1. The van der Waals surface area contributed by atoms with Crippen molar-refractivity contribution in [2.45, 2.75) is 12.6 Å². The van der Waals surface area contributed by atoms with E-state index in [1.54, 1.807) is 17.4 Å². The molecule has 1 N–H and O–H groups in total. The summed E-state index contributed by atoms with van der Waals surface area (Å²) in [5.74, 6) is -1.59.